The third-order valence-corrected chi connectivity index (χ3v) is 2.12. The van der Waals surface area contributed by atoms with Gasteiger partial charge in [-0.2, -0.15) is 0 Å². The summed E-state index contributed by atoms with van der Waals surface area (Å²) in [5, 5.41) is 41.9. The Morgan fingerprint density at radius 2 is 1.45 bits per heavy atom. The third kappa shape index (κ3) is 11.4. The average Bonchev–Trinajstić information content (AvgIpc) is 2.23. The van der Waals surface area contributed by atoms with Gasteiger partial charge < -0.3 is 30.0 Å². The number of aliphatic hydroxyl groups is 2. The lowest BCUT2D eigenvalue weighted by Gasteiger charge is -2.21. The topological polar surface area (TPSA) is 152 Å². The van der Waals surface area contributed by atoms with E-state index in [1.807, 2.05) is 0 Å². The molecule has 0 radical (unpaired) electrons. The zero-order valence-electron chi connectivity index (χ0n) is 11.7. The molecule has 9 heteroatoms. The van der Waals surface area contributed by atoms with Crippen LogP contribution in [0.5, 0.6) is 0 Å². The van der Waals surface area contributed by atoms with Crippen molar-refractivity contribution in [1.29, 1.82) is 0 Å². The molecule has 0 aliphatic rings. The van der Waals surface area contributed by atoms with Gasteiger partial charge in [0.25, 0.3) is 0 Å². The van der Waals surface area contributed by atoms with Crippen molar-refractivity contribution < 1.29 is 44.4 Å². The molecule has 0 aliphatic heterocycles. The molecule has 0 heterocycles. The molecule has 20 heavy (non-hydrogen) atoms. The van der Waals surface area contributed by atoms with E-state index in [0.717, 1.165) is 11.0 Å². The second kappa shape index (κ2) is 9.23. The molecule has 118 valence electrons. The molecule has 0 spiro atoms. The summed E-state index contributed by atoms with van der Waals surface area (Å²) in [4.78, 5) is 30.5. The molecular formula is C11H22NO8+. The molecule has 0 aromatic heterocycles. The van der Waals surface area contributed by atoms with Crippen LogP contribution in [0.4, 0.5) is 0 Å². The second-order valence-corrected chi connectivity index (χ2v) is 5.06. The summed E-state index contributed by atoms with van der Waals surface area (Å²) in [6, 6.07) is 0. The summed E-state index contributed by atoms with van der Waals surface area (Å²) in [7, 11) is 6.16. The Morgan fingerprint density at radius 1 is 1.00 bits per heavy atom. The molecule has 2 unspecified atom stereocenters. The summed E-state index contributed by atoms with van der Waals surface area (Å²) >= 11 is 0. The van der Waals surface area contributed by atoms with E-state index < -0.39 is 36.4 Å². The monoisotopic (exact) mass is 296 g/mol. The number of aliphatic hydroxyl groups excluding tert-OH is 2. The molecule has 0 aliphatic carbocycles. The Bertz CT molecular complexity index is 336. The fraction of sp³-hybridized carbons (Fsp3) is 0.727. The van der Waals surface area contributed by atoms with Crippen LogP contribution in [0.2, 0.25) is 0 Å². The molecule has 0 bridgehead atoms. The fourth-order valence-corrected chi connectivity index (χ4v) is 0.994. The fourth-order valence-electron chi connectivity index (χ4n) is 0.994. The highest BCUT2D eigenvalue weighted by atomic mass is 16.4. The van der Waals surface area contributed by atoms with Crippen molar-refractivity contribution in [1.82, 2.24) is 0 Å². The number of hydrogen-bond donors (Lipinski definition) is 5. The first kappa shape index (κ1) is 20.6. The standard InChI is InChI=1S/C6H8O7.C5H14NO/c7-3(8)1-2(5(10)11)4(9)6(12)13;1-6(2,3)4-5-7/h2,4,9H,1H2,(H,7,8)(H,10,11)(H,12,13);7H,4-5H2,1-3H3/q;+1. The summed E-state index contributed by atoms with van der Waals surface area (Å²) in [6.45, 7) is 1.11. The molecule has 0 rings (SSSR count). The Balaban J connectivity index is 0. The zero-order chi connectivity index (χ0) is 16.5. The summed E-state index contributed by atoms with van der Waals surface area (Å²) in [6.07, 6.45) is -3.13. The van der Waals surface area contributed by atoms with Crippen LogP contribution in [0.15, 0.2) is 0 Å². The van der Waals surface area contributed by atoms with Crippen molar-refractivity contribution in [3.8, 4) is 0 Å². The molecule has 0 saturated heterocycles. The summed E-state index contributed by atoms with van der Waals surface area (Å²) in [5.74, 6) is -6.71. The Kier molecular flexibility index (Phi) is 9.51. The van der Waals surface area contributed by atoms with E-state index in [-0.39, 0.29) is 6.61 Å². The van der Waals surface area contributed by atoms with Crippen LogP contribution in [-0.4, -0.2) is 88.3 Å². The predicted octanol–water partition coefficient (Wildman–Crippen LogP) is -1.71. The normalized spacial score (nSPS) is 13.7. The first-order valence-corrected chi connectivity index (χ1v) is 5.69. The van der Waals surface area contributed by atoms with Crippen LogP contribution < -0.4 is 0 Å². The van der Waals surface area contributed by atoms with Crippen LogP contribution in [0.1, 0.15) is 6.42 Å². The quantitative estimate of drug-likeness (QED) is 0.348. The van der Waals surface area contributed by atoms with Crippen molar-refractivity contribution in [3.05, 3.63) is 0 Å². The first-order valence-electron chi connectivity index (χ1n) is 5.69. The van der Waals surface area contributed by atoms with E-state index in [9.17, 15) is 14.4 Å². The zero-order valence-corrected chi connectivity index (χ0v) is 11.7. The lowest BCUT2D eigenvalue weighted by molar-refractivity contribution is -0.870. The smallest absolute Gasteiger partial charge is 0.333 e. The van der Waals surface area contributed by atoms with E-state index in [1.165, 1.54) is 0 Å². The summed E-state index contributed by atoms with van der Waals surface area (Å²) < 4.78 is 0.844. The van der Waals surface area contributed by atoms with E-state index in [2.05, 4.69) is 21.1 Å². The van der Waals surface area contributed by atoms with Crippen molar-refractivity contribution in [2.24, 2.45) is 5.92 Å². The molecule has 0 aromatic rings. The van der Waals surface area contributed by atoms with Gasteiger partial charge in [0.15, 0.2) is 6.10 Å². The molecule has 0 amide bonds. The van der Waals surface area contributed by atoms with Gasteiger partial charge in [-0.15, -0.1) is 0 Å². The maximum absolute atomic E-state index is 10.3. The van der Waals surface area contributed by atoms with Gasteiger partial charge in [-0.1, -0.05) is 0 Å². The van der Waals surface area contributed by atoms with Crippen LogP contribution in [0.25, 0.3) is 0 Å². The molecule has 2 atom stereocenters. The molecule has 9 nitrogen and oxygen atoms in total. The molecule has 0 fully saturated rings. The van der Waals surface area contributed by atoms with Crippen LogP contribution in [0, 0.1) is 5.92 Å². The number of nitrogens with zero attached hydrogens (tertiary/aromatic N) is 1. The Labute approximate surface area is 116 Å². The highest BCUT2D eigenvalue weighted by Crippen LogP contribution is 2.09. The van der Waals surface area contributed by atoms with Gasteiger partial charge >= 0.3 is 17.9 Å². The highest BCUT2D eigenvalue weighted by Gasteiger charge is 2.33. The van der Waals surface area contributed by atoms with Gasteiger partial charge in [-0.25, -0.2) is 4.79 Å². The van der Waals surface area contributed by atoms with Crippen molar-refractivity contribution >= 4 is 17.9 Å². The molecular weight excluding hydrogens is 274 g/mol. The maximum Gasteiger partial charge on any atom is 0.333 e. The number of carboxylic acid groups (broad SMARTS) is 3. The van der Waals surface area contributed by atoms with Crippen molar-refractivity contribution in [2.45, 2.75) is 12.5 Å². The number of aliphatic carboxylic acids is 3. The Morgan fingerprint density at radius 3 is 1.60 bits per heavy atom. The number of likely N-dealkylation sites (N-methyl/N-ethyl adjacent to an activating group) is 1. The second-order valence-electron chi connectivity index (χ2n) is 5.06. The van der Waals surface area contributed by atoms with Gasteiger partial charge in [0, 0.05) is 0 Å². The third-order valence-electron chi connectivity index (χ3n) is 2.12. The maximum atomic E-state index is 10.3. The van der Waals surface area contributed by atoms with Crippen LogP contribution >= 0.6 is 0 Å². The minimum atomic E-state index is -2.20. The lowest BCUT2D eigenvalue weighted by Crippen LogP contribution is -2.36. The number of carboxylic acids is 3. The Hall–Kier alpha value is -1.71. The van der Waals surface area contributed by atoms with Crippen molar-refractivity contribution in [3.63, 3.8) is 0 Å². The van der Waals surface area contributed by atoms with Crippen LogP contribution in [0.3, 0.4) is 0 Å². The SMILES string of the molecule is C[N+](C)(C)CCO.O=C(O)CC(C(=O)O)C(O)C(=O)O. The van der Waals surface area contributed by atoms with Gasteiger partial charge in [0.1, 0.15) is 12.5 Å². The number of quaternary nitrogens is 1. The molecule has 0 aromatic carbocycles. The minimum Gasteiger partial charge on any atom is -0.481 e. The lowest BCUT2D eigenvalue weighted by atomic mass is 9.99. The van der Waals surface area contributed by atoms with E-state index in [4.69, 9.17) is 25.5 Å². The van der Waals surface area contributed by atoms with Gasteiger partial charge in [-0.05, 0) is 0 Å². The predicted molar refractivity (Wildman–Crippen MR) is 67.0 cm³/mol. The average molecular weight is 296 g/mol. The van der Waals surface area contributed by atoms with Crippen molar-refractivity contribution in [2.75, 3.05) is 34.3 Å². The number of hydrogen-bond acceptors (Lipinski definition) is 5. The first-order chi connectivity index (χ1) is 8.92. The van der Waals surface area contributed by atoms with Gasteiger partial charge in [-0.3, -0.25) is 9.59 Å². The van der Waals surface area contributed by atoms with E-state index in [1.54, 1.807) is 0 Å². The highest BCUT2D eigenvalue weighted by molar-refractivity contribution is 5.85. The van der Waals surface area contributed by atoms with Gasteiger partial charge in [0.05, 0.1) is 34.2 Å². The number of rotatable bonds is 7. The minimum absolute atomic E-state index is 0.281. The van der Waals surface area contributed by atoms with E-state index >= 15 is 0 Å². The molecule has 5 N–H and O–H groups in total. The largest absolute Gasteiger partial charge is 0.481 e. The van der Waals surface area contributed by atoms with Crippen LogP contribution in [-0.2, 0) is 14.4 Å². The van der Waals surface area contributed by atoms with Gasteiger partial charge in [0.2, 0.25) is 0 Å². The number of carbonyl (C=O) groups is 3. The molecule has 0 saturated carbocycles. The summed E-state index contributed by atoms with van der Waals surface area (Å²) in [5.41, 5.74) is 0. The van der Waals surface area contributed by atoms with E-state index in [0.29, 0.717) is 0 Å².